The molecule has 9 N–H and O–H groups in total. The van der Waals surface area contributed by atoms with Crippen LogP contribution < -0.4 is 27.4 Å². The van der Waals surface area contributed by atoms with Crippen LogP contribution in [-0.2, 0) is 28.5 Å². The molecule has 3 aromatic carbocycles. The van der Waals surface area contributed by atoms with Crippen LogP contribution >= 0.6 is 0 Å². The predicted octanol–water partition coefficient (Wildman–Crippen LogP) is 4.33. The lowest BCUT2D eigenvalue weighted by molar-refractivity contribution is -0.141. The molecule has 17 nitrogen and oxygen atoms in total. The SMILES string of the molecule is CN(Cc1cnc2nc(N)nc(N)c2n1)c1ccc(C(=O)N[C@@H](CCC(=O)O)C(=O)O)cc1.O=c1[nH]c2cc(C(F)(F)F)ccc2n1-c1cc(C(F)(F)F)ccc1O. The van der Waals surface area contributed by atoms with Crippen molar-refractivity contribution >= 4 is 57.5 Å². The van der Waals surface area contributed by atoms with Crippen molar-refractivity contribution in [1.29, 1.82) is 0 Å². The third kappa shape index (κ3) is 9.66. The fourth-order valence-electron chi connectivity index (χ4n) is 5.43. The lowest BCUT2D eigenvalue weighted by Gasteiger charge is -2.19. The van der Waals surface area contributed by atoms with Crippen LogP contribution in [0.5, 0.6) is 5.75 Å². The molecule has 0 radical (unpaired) electrons. The van der Waals surface area contributed by atoms with Crippen LogP contribution in [0.1, 0.15) is 40.0 Å². The molecule has 0 bridgehead atoms. The zero-order valence-corrected chi connectivity index (χ0v) is 29.6. The molecule has 3 aromatic heterocycles. The number of aromatic hydroxyl groups is 1. The van der Waals surface area contributed by atoms with Gasteiger partial charge in [-0.1, -0.05) is 0 Å². The Balaban J connectivity index is 0.000000229. The number of aliphatic carboxylic acids is 2. The summed E-state index contributed by atoms with van der Waals surface area (Å²) < 4.78 is 77.4. The number of amides is 1. The average molecular weight is 817 g/mol. The van der Waals surface area contributed by atoms with Crippen LogP contribution in [0.4, 0.5) is 43.8 Å². The van der Waals surface area contributed by atoms with Gasteiger partial charge in [-0.3, -0.25) is 14.2 Å². The number of aromatic nitrogens is 6. The number of hydrogen-bond acceptors (Lipinski definition) is 12. The number of anilines is 3. The van der Waals surface area contributed by atoms with Crippen molar-refractivity contribution in [3.8, 4) is 11.4 Å². The number of nitrogens with zero attached hydrogens (tertiary/aromatic N) is 6. The molecule has 0 saturated carbocycles. The van der Waals surface area contributed by atoms with Crippen molar-refractivity contribution in [2.24, 2.45) is 0 Å². The molecule has 1 atom stereocenters. The Morgan fingerprint density at radius 3 is 2.17 bits per heavy atom. The maximum absolute atomic E-state index is 12.8. The molecule has 23 heteroatoms. The summed E-state index contributed by atoms with van der Waals surface area (Å²) in [5.41, 5.74) is 9.71. The number of benzene rings is 3. The fraction of sp³-hybridized carbons (Fsp3) is 0.200. The van der Waals surface area contributed by atoms with Crippen molar-refractivity contribution in [1.82, 2.24) is 34.8 Å². The van der Waals surface area contributed by atoms with E-state index in [0.717, 1.165) is 17.8 Å². The van der Waals surface area contributed by atoms with Gasteiger partial charge in [0, 0.05) is 24.7 Å². The van der Waals surface area contributed by atoms with Gasteiger partial charge in [0.05, 0.1) is 46.3 Å². The van der Waals surface area contributed by atoms with Crippen LogP contribution in [0.15, 0.2) is 71.7 Å². The summed E-state index contributed by atoms with van der Waals surface area (Å²) in [6.07, 6.45) is -8.40. The highest BCUT2D eigenvalue weighted by Crippen LogP contribution is 2.35. The molecule has 3 heterocycles. The van der Waals surface area contributed by atoms with Crippen LogP contribution in [0.3, 0.4) is 0 Å². The number of nitrogens with two attached hydrogens (primary N) is 2. The fourth-order valence-corrected chi connectivity index (χ4v) is 5.43. The number of nitrogen functional groups attached to an aromatic ring is 2. The summed E-state index contributed by atoms with van der Waals surface area (Å²) in [4.78, 5) is 66.9. The van der Waals surface area contributed by atoms with Gasteiger partial charge in [-0.05, 0) is 67.1 Å². The van der Waals surface area contributed by atoms with Crippen LogP contribution in [-0.4, -0.2) is 75.7 Å². The molecular formula is C35H30F6N10O7. The molecule has 1 amide bonds. The lowest BCUT2D eigenvalue weighted by Crippen LogP contribution is -2.41. The van der Waals surface area contributed by atoms with Gasteiger partial charge >= 0.3 is 30.0 Å². The second-order valence-corrected chi connectivity index (χ2v) is 12.4. The van der Waals surface area contributed by atoms with Gasteiger partial charge in [0.1, 0.15) is 11.8 Å². The number of carboxylic acid groups (broad SMARTS) is 2. The van der Waals surface area contributed by atoms with Gasteiger partial charge in [-0.2, -0.15) is 36.3 Å². The summed E-state index contributed by atoms with van der Waals surface area (Å²) in [6.45, 7) is 0.370. The van der Waals surface area contributed by atoms with E-state index in [0.29, 0.717) is 52.2 Å². The zero-order valence-electron chi connectivity index (χ0n) is 29.6. The number of imidazole rings is 1. The Labute approximate surface area is 320 Å². The highest BCUT2D eigenvalue weighted by Gasteiger charge is 2.33. The average Bonchev–Trinajstić information content (AvgIpc) is 3.47. The standard InChI is InChI=1S/C20H22N8O5.C15H8F6N2O2/c1-28(9-11-8-23-17-15(24-11)16(21)26-20(22)27-17)12-4-2-10(3-5-12)18(31)25-13(19(32)33)6-7-14(29)30;16-14(17,18)7-1-3-10-9(5-7)22-13(25)23(10)11-6-8(15(19,20)21)2-4-12(11)24/h2-5,8,13H,6-7,9H2,1H3,(H,25,31)(H,29,30)(H,32,33)(H4,21,22,23,26,27);1-6,24H,(H,22,25)/t13-;/m0./s1. The predicted molar refractivity (Wildman–Crippen MR) is 194 cm³/mol. The topological polar surface area (TPSA) is 269 Å². The van der Waals surface area contributed by atoms with E-state index in [1.807, 2.05) is 11.9 Å². The Morgan fingerprint density at radius 2 is 1.55 bits per heavy atom. The quantitative estimate of drug-likeness (QED) is 0.0949. The van der Waals surface area contributed by atoms with E-state index in [4.69, 9.17) is 16.6 Å². The highest BCUT2D eigenvalue weighted by molar-refractivity contribution is 5.97. The van der Waals surface area contributed by atoms with Crippen LogP contribution in [0.2, 0.25) is 0 Å². The smallest absolute Gasteiger partial charge is 0.416 e. The number of carbonyl (C=O) groups is 3. The number of H-pyrrole nitrogens is 1. The van der Waals surface area contributed by atoms with Crippen molar-refractivity contribution in [2.45, 2.75) is 37.8 Å². The summed E-state index contributed by atoms with van der Waals surface area (Å²) in [6, 6.07) is 9.38. The van der Waals surface area contributed by atoms with E-state index in [-0.39, 0.29) is 41.2 Å². The molecule has 0 saturated heterocycles. The summed E-state index contributed by atoms with van der Waals surface area (Å²) in [5.74, 6) is -3.54. The molecule has 0 fully saturated rings. The van der Waals surface area contributed by atoms with Crippen LogP contribution in [0, 0.1) is 0 Å². The molecule has 6 aromatic rings. The molecule has 304 valence electrons. The number of alkyl halides is 6. The van der Waals surface area contributed by atoms with Gasteiger partial charge in [0.25, 0.3) is 5.91 Å². The van der Waals surface area contributed by atoms with Crippen molar-refractivity contribution in [3.05, 3.63) is 99.7 Å². The summed E-state index contributed by atoms with van der Waals surface area (Å²) in [7, 11) is 1.82. The zero-order chi connectivity index (χ0) is 42.7. The Hall–Kier alpha value is -7.46. The number of hydrogen-bond donors (Lipinski definition) is 7. The number of halogens is 6. The number of nitrogens with one attached hydrogen (secondary N) is 2. The van der Waals surface area contributed by atoms with Gasteiger partial charge in [-0.25, -0.2) is 19.6 Å². The van der Waals surface area contributed by atoms with Crippen molar-refractivity contribution in [2.75, 3.05) is 23.4 Å². The maximum atomic E-state index is 12.8. The number of fused-ring (bicyclic) bond motifs is 2. The first-order chi connectivity index (χ1) is 27.1. The minimum atomic E-state index is -4.72. The highest BCUT2D eigenvalue weighted by atomic mass is 19.4. The first-order valence-electron chi connectivity index (χ1n) is 16.5. The first kappa shape index (κ1) is 41.7. The summed E-state index contributed by atoms with van der Waals surface area (Å²) >= 11 is 0. The largest absolute Gasteiger partial charge is 0.506 e. The number of aromatic amines is 1. The molecule has 58 heavy (non-hydrogen) atoms. The minimum Gasteiger partial charge on any atom is -0.506 e. The number of rotatable bonds is 10. The van der Waals surface area contributed by atoms with E-state index in [9.17, 15) is 55.7 Å². The van der Waals surface area contributed by atoms with Crippen LogP contribution in [0.25, 0.3) is 27.9 Å². The van der Waals surface area contributed by atoms with Gasteiger partial charge in [-0.15, -0.1) is 0 Å². The molecule has 0 spiro atoms. The molecule has 0 unspecified atom stereocenters. The van der Waals surface area contributed by atoms with E-state index in [2.05, 4.69) is 30.2 Å². The molecule has 6 rings (SSSR count). The summed E-state index contributed by atoms with van der Waals surface area (Å²) in [5, 5.41) is 30.1. The van der Waals surface area contributed by atoms with E-state index in [1.165, 1.54) is 12.1 Å². The number of carbonyl (C=O) groups excluding carboxylic acids is 1. The Bertz CT molecular complexity index is 2580. The van der Waals surface area contributed by atoms with Gasteiger partial charge in [0.2, 0.25) is 5.95 Å². The first-order valence-corrected chi connectivity index (χ1v) is 16.5. The number of carboxylic acids is 2. The molecule has 0 aliphatic rings. The third-order valence-electron chi connectivity index (χ3n) is 8.27. The third-order valence-corrected chi connectivity index (χ3v) is 8.27. The minimum absolute atomic E-state index is 0.0138. The van der Waals surface area contributed by atoms with Crippen molar-refractivity contribution < 1.29 is 56.0 Å². The maximum Gasteiger partial charge on any atom is 0.416 e. The Kier molecular flexibility index (Phi) is 11.7. The van der Waals surface area contributed by atoms with E-state index < -0.39 is 64.5 Å². The normalized spacial score (nSPS) is 12.1. The van der Waals surface area contributed by atoms with E-state index in [1.54, 1.807) is 18.3 Å². The molecule has 0 aliphatic heterocycles. The van der Waals surface area contributed by atoms with Gasteiger partial charge in [0.15, 0.2) is 17.0 Å². The number of phenolic OH excluding ortho intramolecular Hbond substituents is 1. The van der Waals surface area contributed by atoms with E-state index >= 15 is 0 Å². The monoisotopic (exact) mass is 816 g/mol. The Morgan fingerprint density at radius 1 is 0.914 bits per heavy atom. The van der Waals surface area contributed by atoms with Gasteiger partial charge < -0.3 is 42.0 Å². The lowest BCUT2D eigenvalue weighted by atomic mass is 10.1. The number of phenols is 1. The second-order valence-electron chi connectivity index (χ2n) is 12.4. The molecular weight excluding hydrogens is 786 g/mol. The van der Waals surface area contributed by atoms with Crippen molar-refractivity contribution in [3.63, 3.8) is 0 Å². The second kappa shape index (κ2) is 16.3. The molecule has 0 aliphatic carbocycles.